The van der Waals surface area contributed by atoms with Gasteiger partial charge in [-0.05, 0) is 26.2 Å². The Balaban J connectivity index is 4.38. The quantitative estimate of drug-likeness (QED) is 0.709. The number of aliphatic carboxylic acids is 1. The van der Waals surface area contributed by atoms with Gasteiger partial charge in [-0.1, -0.05) is 13.8 Å². The third-order valence-electron chi connectivity index (χ3n) is 2.46. The molecule has 0 rings (SSSR count). The minimum Gasteiger partial charge on any atom is -0.480 e. The standard InChI is InChI=1S/C11H21NO3/c1-8(2)6-7-12(5)9(13)11(3,4)10(14)15/h8H,6-7H2,1-5H3,(H,14,15). The van der Waals surface area contributed by atoms with Crippen LogP contribution >= 0.6 is 0 Å². The first kappa shape index (κ1) is 13.9. The molecule has 1 amide bonds. The summed E-state index contributed by atoms with van der Waals surface area (Å²) in [5, 5.41) is 8.89. The molecule has 0 aromatic carbocycles. The maximum Gasteiger partial charge on any atom is 0.318 e. The fourth-order valence-electron chi connectivity index (χ4n) is 1.12. The summed E-state index contributed by atoms with van der Waals surface area (Å²) in [6, 6.07) is 0. The molecule has 0 aliphatic heterocycles. The Kier molecular flexibility index (Phi) is 4.78. The molecule has 0 fully saturated rings. The smallest absolute Gasteiger partial charge is 0.318 e. The fraction of sp³-hybridized carbons (Fsp3) is 0.818. The number of rotatable bonds is 5. The molecule has 4 nitrogen and oxygen atoms in total. The highest BCUT2D eigenvalue weighted by molar-refractivity contribution is 6.00. The van der Waals surface area contributed by atoms with Crippen LogP contribution in [0.5, 0.6) is 0 Å². The van der Waals surface area contributed by atoms with Crippen LogP contribution in [-0.4, -0.2) is 35.5 Å². The van der Waals surface area contributed by atoms with Crippen LogP contribution < -0.4 is 0 Å². The van der Waals surface area contributed by atoms with E-state index in [1.54, 1.807) is 7.05 Å². The molecule has 1 N–H and O–H groups in total. The van der Waals surface area contributed by atoms with Crippen molar-refractivity contribution < 1.29 is 14.7 Å². The van der Waals surface area contributed by atoms with Gasteiger partial charge in [-0.15, -0.1) is 0 Å². The molecule has 0 heterocycles. The van der Waals surface area contributed by atoms with Crippen molar-refractivity contribution in [1.82, 2.24) is 4.90 Å². The van der Waals surface area contributed by atoms with Crippen molar-refractivity contribution >= 4 is 11.9 Å². The molecule has 0 aliphatic carbocycles. The molecule has 0 unspecified atom stereocenters. The fourth-order valence-corrected chi connectivity index (χ4v) is 1.12. The number of nitrogens with zero attached hydrogens (tertiary/aromatic N) is 1. The van der Waals surface area contributed by atoms with Crippen LogP contribution in [0.25, 0.3) is 0 Å². The van der Waals surface area contributed by atoms with Crippen molar-refractivity contribution in [3.63, 3.8) is 0 Å². The second kappa shape index (κ2) is 5.14. The van der Waals surface area contributed by atoms with E-state index in [1.807, 2.05) is 0 Å². The summed E-state index contributed by atoms with van der Waals surface area (Å²) in [7, 11) is 1.65. The topological polar surface area (TPSA) is 57.6 Å². The minimum absolute atomic E-state index is 0.337. The Bertz CT molecular complexity index is 246. The van der Waals surface area contributed by atoms with Gasteiger partial charge in [-0.3, -0.25) is 9.59 Å². The lowest BCUT2D eigenvalue weighted by Crippen LogP contribution is -2.43. The molecular weight excluding hydrogens is 194 g/mol. The summed E-state index contributed by atoms with van der Waals surface area (Å²) in [4.78, 5) is 24.1. The lowest BCUT2D eigenvalue weighted by Gasteiger charge is -2.26. The van der Waals surface area contributed by atoms with Crippen molar-refractivity contribution in [3.05, 3.63) is 0 Å². The maximum atomic E-state index is 11.8. The van der Waals surface area contributed by atoms with Crippen molar-refractivity contribution in [1.29, 1.82) is 0 Å². The minimum atomic E-state index is -1.33. The first-order valence-electron chi connectivity index (χ1n) is 5.18. The predicted octanol–water partition coefficient (Wildman–Crippen LogP) is 1.60. The third-order valence-corrected chi connectivity index (χ3v) is 2.46. The molecule has 0 saturated carbocycles. The molecule has 0 radical (unpaired) electrons. The third kappa shape index (κ3) is 3.90. The van der Waals surface area contributed by atoms with Gasteiger partial charge in [-0.25, -0.2) is 0 Å². The molecule has 0 aliphatic rings. The van der Waals surface area contributed by atoms with Gasteiger partial charge in [0.25, 0.3) is 0 Å². The van der Waals surface area contributed by atoms with E-state index < -0.39 is 11.4 Å². The van der Waals surface area contributed by atoms with Gasteiger partial charge in [0.15, 0.2) is 0 Å². The van der Waals surface area contributed by atoms with E-state index in [-0.39, 0.29) is 5.91 Å². The molecule has 0 saturated heterocycles. The van der Waals surface area contributed by atoms with E-state index >= 15 is 0 Å². The largest absolute Gasteiger partial charge is 0.480 e. The van der Waals surface area contributed by atoms with E-state index in [1.165, 1.54) is 18.7 Å². The lowest BCUT2D eigenvalue weighted by atomic mass is 9.92. The maximum absolute atomic E-state index is 11.8. The summed E-state index contributed by atoms with van der Waals surface area (Å²) in [5.41, 5.74) is -1.33. The van der Waals surface area contributed by atoms with Crippen LogP contribution in [-0.2, 0) is 9.59 Å². The number of carbonyl (C=O) groups excluding carboxylic acids is 1. The number of carboxylic acid groups (broad SMARTS) is 1. The Hall–Kier alpha value is -1.06. The zero-order valence-electron chi connectivity index (χ0n) is 10.2. The second-order valence-electron chi connectivity index (χ2n) is 4.84. The highest BCUT2D eigenvalue weighted by atomic mass is 16.4. The van der Waals surface area contributed by atoms with Gasteiger partial charge in [-0.2, -0.15) is 0 Å². The van der Waals surface area contributed by atoms with Crippen LogP contribution in [0, 0.1) is 11.3 Å². The Labute approximate surface area is 91.3 Å². The van der Waals surface area contributed by atoms with Crippen molar-refractivity contribution in [3.8, 4) is 0 Å². The van der Waals surface area contributed by atoms with E-state index in [0.717, 1.165) is 6.42 Å². The number of carboxylic acids is 1. The first-order chi connectivity index (χ1) is 6.69. The average Bonchev–Trinajstić information content (AvgIpc) is 2.12. The van der Waals surface area contributed by atoms with Gasteiger partial charge >= 0.3 is 5.97 Å². The van der Waals surface area contributed by atoms with Crippen molar-refractivity contribution in [2.24, 2.45) is 11.3 Å². The molecule has 0 aromatic rings. The monoisotopic (exact) mass is 215 g/mol. The molecule has 0 spiro atoms. The molecule has 0 atom stereocenters. The van der Waals surface area contributed by atoms with E-state index in [9.17, 15) is 9.59 Å². The van der Waals surface area contributed by atoms with Crippen molar-refractivity contribution in [2.45, 2.75) is 34.1 Å². The van der Waals surface area contributed by atoms with Crippen LogP contribution in [0.15, 0.2) is 0 Å². The van der Waals surface area contributed by atoms with Gasteiger partial charge in [0.1, 0.15) is 5.41 Å². The zero-order valence-corrected chi connectivity index (χ0v) is 10.2. The number of carbonyl (C=O) groups is 2. The molecule has 0 bridgehead atoms. The van der Waals surface area contributed by atoms with E-state index in [0.29, 0.717) is 12.5 Å². The Morgan fingerprint density at radius 1 is 1.33 bits per heavy atom. The van der Waals surface area contributed by atoms with Crippen LogP contribution in [0.1, 0.15) is 34.1 Å². The zero-order chi connectivity index (χ0) is 12.2. The number of hydrogen-bond donors (Lipinski definition) is 1. The summed E-state index contributed by atoms with van der Waals surface area (Å²) in [6.07, 6.45) is 0.887. The summed E-state index contributed by atoms with van der Waals surface area (Å²) < 4.78 is 0. The van der Waals surface area contributed by atoms with Gasteiger partial charge in [0, 0.05) is 13.6 Å². The average molecular weight is 215 g/mol. The SMILES string of the molecule is CC(C)CCN(C)C(=O)C(C)(C)C(=O)O. The highest BCUT2D eigenvalue weighted by Gasteiger charge is 2.37. The predicted molar refractivity (Wildman–Crippen MR) is 58.5 cm³/mol. The highest BCUT2D eigenvalue weighted by Crippen LogP contribution is 2.18. The summed E-state index contributed by atoms with van der Waals surface area (Å²) >= 11 is 0. The second-order valence-corrected chi connectivity index (χ2v) is 4.84. The van der Waals surface area contributed by atoms with E-state index in [2.05, 4.69) is 13.8 Å². The van der Waals surface area contributed by atoms with Gasteiger partial charge < -0.3 is 10.0 Å². The number of hydrogen-bond acceptors (Lipinski definition) is 2. The normalized spacial score (nSPS) is 11.6. The van der Waals surface area contributed by atoms with Crippen molar-refractivity contribution in [2.75, 3.05) is 13.6 Å². The Morgan fingerprint density at radius 2 is 1.80 bits per heavy atom. The van der Waals surface area contributed by atoms with E-state index in [4.69, 9.17) is 5.11 Å². The number of amides is 1. The van der Waals surface area contributed by atoms with Crippen LogP contribution in [0.2, 0.25) is 0 Å². The molecule has 15 heavy (non-hydrogen) atoms. The first-order valence-corrected chi connectivity index (χ1v) is 5.18. The summed E-state index contributed by atoms with van der Waals surface area (Å²) in [5.74, 6) is -0.910. The molecule has 4 heteroatoms. The van der Waals surface area contributed by atoms with Gasteiger partial charge in [0.2, 0.25) is 5.91 Å². The van der Waals surface area contributed by atoms with Gasteiger partial charge in [0.05, 0.1) is 0 Å². The Morgan fingerprint density at radius 3 is 2.13 bits per heavy atom. The molecule has 0 aromatic heterocycles. The van der Waals surface area contributed by atoms with Crippen LogP contribution in [0.4, 0.5) is 0 Å². The van der Waals surface area contributed by atoms with Crippen LogP contribution in [0.3, 0.4) is 0 Å². The summed E-state index contributed by atoms with van der Waals surface area (Å²) in [6.45, 7) is 7.61. The molecule has 88 valence electrons. The lowest BCUT2D eigenvalue weighted by molar-refractivity contribution is -0.157. The molecular formula is C11H21NO3.